The second-order valence-corrected chi connectivity index (χ2v) is 6.31. The van der Waals surface area contributed by atoms with Crippen LogP contribution in [-0.4, -0.2) is 0 Å². The average Bonchev–Trinajstić information content (AvgIpc) is 2.51. The maximum Gasteiger partial charge on any atom is 0.0488 e. The van der Waals surface area contributed by atoms with E-state index < -0.39 is 0 Å². The Morgan fingerprint density at radius 1 is 1.10 bits per heavy atom. The summed E-state index contributed by atoms with van der Waals surface area (Å²) >= 11 is 0. The number of nitrogens with one attached hydrogen (secondary N) is 1. The molecule has 0 saturated heterocycles. The fourth-order valence-corrected chi connectivity index (χ4v) is 3.68. The van der Waals surface area contributed by atoms with Gasteiger partial charge in [-0.1, -0.05) is 63.8 Å². The molecule has 0 aliphatic heterocycles. The van der Waals surface area contributed by atoms with Gasteiger partial charge in [-0.25, -0.2) is 0 Å². The SMILES string of the molecule is CCCC1CCC(C(NN)c2ccc(CC)cc2)CC1. The topological polar surface area (TPSA) is 38.0 Å². The number of hydrazine groups is 1. The number of aryl methyl sites for hydroxylation is 1. The summed E-state index contributed by atoms with van der Waals surface area (Å²) in [5.74, 6) is 7.50. The highest BCUT2D eigenvalue weighted by Gasteiger charge is 2.27. The summed E-state index contributed by atoms with van der Waals surface area (Å²) < 4.78 is 0. The first kappa shape index (κ1) is 15.5. The van der Waals surface area contributed by atoms with Crippen LogP contribution in [0.1, 0.15) is 69.5 Å². The molecule has 112 valence electrons. The van der Waals surface area contributed by atoms with E-state index in [-0.39, 0.29) is 0 Å². The molecule has 2 heteroatoms. The molecule has 0 amide bonds. The molecule has 2 nitrogen and oxygen atoms in total. The Labute approximate surface area is 124 Å². The van der Waals surface area contributed by atoms with Crippen molar-refractivity contribution in [2.24, 2.45) is 17.7 Å². The molecule has 20 heavy (non-hydrogen) atoms. The highest BCUT2D eigenvalue weighted by Crippen LogP contribution is 2.38. The van der Waals surface area contributed by atoms with Gasteiger partial charge in [-0.2, -0.15) is 0 Å². The van der Waals surface area contributed by atoms with Crippen molar-refractivity contribution in [2.75, 3.05) is 0 Å². The van der Waals surface area contributed by atoms with Gasteiger partial charge in [-0.3, -0.25) is 11.3 Å². The molecular formula is C18H30N2. The molecule has 3 N–H and O–H groups in total. The zero-order valence-electron chi connectivity index (χ0n) is 13.1. The highest BCUT2D eigenvalue weighted by molar-refractivity contribution is 5.25. The molecular weight excluding hydrogens is 244 g/mol. The van der Waals surface area contributed by atoms with Gasteiger partial charge in [0.1, 0.15) is 0 Å². The lowest BCUT2D eigenvalue weighted by Crippen LogP contribution is -2.35. The Bertz CT molecular complexity index is 377. The molecule has 1 fully saturated rings. The Morgan fingerprint density at radius 2 is 1.75 bits per heavy atom. The van der Waals surface area contributed by atoms with Crippen LogP contribution >= 0.6 is 0 Å². The molecule has 1 aromatic rings. The van der Waals surface area contributed by atoms with Crippen LogP contribution in [0.5, 0.6) is 0 Å². The molecule has 2 rings (SSSR count). The summed E-state index contributed by atoms with van der Waals surface area (Å²) in [4.78, 5) is 0. The van der Waals surface area contributed by atoms with Gasteiger partial charge >= 0.3 is 0 Å². The van der Waals surface area contributed by atoms with Gasteiger partial charge in [-0.05, 0) is 42.2 Å². The number of benzene rings is 1. The Balaban J connectivity index is 1.97. The first-order valence-electron chi connectivity index (χ1n) is 8.33. The Morgan fingerprint density at radius 3 is 2.25 bits per heavy atom. The molecule has 0 spiro atoms. The van der Waals surface area contributed by atoms with E-state index in [0.717, 1.165) is 12.3 Å². The zero-order chi connectivity index (χ0) is 14.4. The molecule has 1 unspecified atom stereocenters. The smallest absolute Gasteiger partial charge is 0.0488 e. The minimum Gasteiger partial charge on any atom is -0.271 e. The molecule has 1 aromatic carbocycles. The second kappa shape index (κ2) is 7.80. The standard InChI is InChI=1S/C18H30N2/c1-3-5-15-8-12-17(13-9-15)18(20-19)16-10-6-14(4-2)7-11-16/h6-7,10-11,15,17-18,20H,3-5,8-9,12-13,19H2,1-2H3. The van der Waals surface area contributed by atoms with E-state index in [2.05, 4.69) is 43.5 Å². The van der Waals surface area contributed by atoms with Crippen molar-refractivity contribution in [3.05, 3.63) is 35.4 Å². The van der Waals surface area contributed by atoms with Crippen molar-refractivity contribution in [1.29, 1.82) is 0 Å². The Kier molecular flexibility index (Phi) is 6.06. The van der Waals surface area contributed by atoms with Gasteiger partial charge < -0.3 is 0 Å². The van der Waals surface area contributed by atoms with E-state index in [9.17, 15) is 0 Å². The summed E-state index contributed by atoms with van der Waals surface area (Å²) in [6.45, 7) is 4.49. The van der Waals surface area contributed by atoms with Gasteiger partial charge in [-0.15, -0.1) is 0 Å². The molecule has 0 heterocycles. The van der Waals surface area contributed by atoms with Crippen molar-refractivity contribution < 1.29 is 0 Å². The normalized spacial score (nSPS) is 24.6. The predicted molar refractivity (Wildman–Crippen MR) is 86.2 cm³/mol. The number of hydrogen-bond acceptors (Lipinski definition) is 2. The van der Waals surface area contributed by atoms with E-state index in [1.54, 1.807) is 0 Å². The molecule has 1 saturated carbocycles. The van der Waals surface area contributed by atoms with Crippen LogP contribution in [0.15, 0.2) is 24.3 Å². The van der Waals surface area contributed by atoms with E-state index in [1.165, 1.54) is 49.7 Å². The maximum absolute atomic E-state index is 5.85. The molecule has 1 aliphatic rings. The lowest BCUT2D eigenvalue weighted by atomic mass is 9.75. The highest BCUT2D eigenvalue weighted by atomic mass is 15.2. The summed E-state index contributed by atoms with van der Waals surface area (Å²) in [6.07, 6.45) is 9.21. The summed E-state index contributed by atoms with van der Waals surface area (Å²) in [5.41, 5.74) is 5.82. The quantitative estimate of drug-likeness (QED) is 0.597. The minimum atomic E-state index is 0.323. The van der Waals surface area contributed by atoms with E-state index >= 15 is 0 Å². The summed E-state index contributed by atoms with van der Waals surface area (Å²) in [7, 11) is 0. The first-order chi connectivity index (χ1) is 9.78. The third kappa shape index (κ3) is 3.83. The molecule has 0 bridgehead atoms. The summed E-state index contributed by atoms with van der Waals surface area (Å²) in [5, 5.41) is 0. The van der Waals surface area contributed by atoms with E-state index in [0.29, 0.717) is 12.0 Å². The lowest BCUT2D eigenvalue weighted by molar-refractivity contribution is 0.215. The van der Waals surface area contributed by atoms with E-state index in [4.69, 9.17) is 5.84 Å². The second-order valence-electron chi connectivity index (χ2n) is 6.31. The van der Waals surface area contributed by atoms with Crippen molar-refractivity contribution >= 4 is 0 Å². The van der Waals surface area contributed by atoms with Gasteiger partial charge in [0.25, 0.3) is 0 Å². The zero-order valence-corrected chi connectivity index (χ0v) is 13.1. The Hall–Kier alpha value is -0.860. The monoisotopic (exact) mass is 274 g/mol. The van der Waals surface area contributed by atoms with Crippen molar-refractivity contribution in [3.8, 4) is 0 Å². The van der Waals surface area contributed by atoms with Crippen LogP contribution in [0.2, 0.25) is 0 Å². The maximum atomic E-state index is 5.85. The fourth-order valence-electron chi connectivity index (χ4n) is 3.68. The van der Waals surface area contributed by atoms with Crippen LogP contribution in [0.25, 0.3) is 0 Å². The van der Waals surface area contributed by atoms with Crippen LogP contribution in [0.4, 0.5) is 0 Å². The number of rotatable bonds is 6. The van der Waals surface area contributed by atoms with Crippen LogP contribution in [0.3, 0.4) is 0 Å². The third-order valence-corrected chi connectivity index (χ3v) is 4.99. The number of nitrogens with two attached hydrogens (primary N) is 1. The molecule has 0 radical (unpaired) electrons. The van der Waals surface area contributed by atoms with Crippen LogP contribution in [-0.2, 0) is 6.42 Å². The van der Waals surface area contributed by atoms with Gasteiger partial charge in [0, 0.05) is 6.04 Å². The first-order valence-corrected chi connectivity index (χ1v) is 8.33. The van der Waals surface area contributed by atoms with E-state index in [1.807, 2.05) is 0 Å². The van der Waals surface area contributed by atoms with Gasteiger partial charge in [0.15, 0.2) is 0 Å². The summed E-state index contributed by atoms with van der Waals surface area (Å²) in [6, 6.07) is 9.30. The lowest BCUT2D eigenvalue weighted by Gasteiger charge is -2.34. The average molecular weight is 274 g/mol. The van der Waals surface area contributed by atoms with Gasteiger partial charge in [0.2, 0.25) is 0 Å². The largest absolute Gasteiger partial charge is 0.271 e. The van der Waals surface area contributed by atoms with Crippen molar-refractivity contribution in [3.63, 3.8) is 0 Å². The molecule has 1 aliphatic carbocycles. The molecule has 0 aromatic heterocycles. The minimum absolute atomic E-state index is 0.323. The third-order valence-electron chi connectivity index (χ3n) is 4.99. The van der Waals surface area contributed by atoms with Crippen LogP contribution in [0, 0.1) is 11.8 Å². The predicted octanol–water partition coefficient (Wildman–Crippen LogP) is 4.36. The van der Waals surface area contributed by atoms with Crippen molar-refractivity contribution in [1.82, 2.24) is 5.43 Å². The number of hydrogen-bond donors (Lipinski definition) is 2. The fraction of sp³-hybridized carbons (Fsp3) is 0.667. The molecule has 1 atom stereocenters. The van der Waals surface area contributed by atoms with Crippen LogP contribution < -0.4 is 11.3 Å². The van der Waals surface area contributed by atoms with Crippen molar-refractivity contribution in [2.45, 2.75) is 64.8 Å². The van der Waals surface area contributed by atoms with Gasteiger partial charge in [0.05, 0.1) is 0 Å².